The molecule has 4 heterocycles. The molecular weight excluding hydrogens is 1140 g/mol. The van der Waals surface area contributed by atoms with Gasteiger partial charge in [0.1, 0.15) is 0 Å². The number of benzene rings is 4. The van der Waals surface area contributed by atoms with Crippen LogP contribution in [0.25, 0.3) is 44.1 Å². The highest BCUT2D eigenvalue weighted by atomic mass is 28.4. The lowest BCUT2D eigenvalue weighted by molar-refractivity contribution is -0.135. The van der Waals surface area contributed by atoms with Crippen LogP contribution in [0.5, 0.6) is 46.0 Å². The van der Waals surface area contributed by atoms with Crippen LogP contribution in [-0.2, 0) is 31.5 Å². The molecular formula is C63H76N4O17Si2. The molecule has 0 unspecified atom stereocenters. The maximum atomic E-state index is 14.8. The average Bonchev–Trinajstić information content (AvgIpc) is 1.56. The first-order chi connectivity index (χ1) is 40.7. The number of pyridine rings is 2. The summed E-state index contributed by atoms with van der Waals surface area (Å²) in [6.45, 7) is 21.6. The summed E-state index contributed by atoms with van der Waals surface area (Å²) in [7, 11) is 1.30. The lowest BCUT2D eigenvalue weighted by Gasteiger charge is -2.37. The highest BCUT2D eigenvalue weighted by Crippen LogP contribution is 2.49. The first-order valence-electron chi connectivity index (χ1n) is 28.8. The van der Waals surface area contributed by atoms with Gasteiger partial charge in [-0.1, -0.05) is 41.5 Å². The number of methoxy groups -OCH3 is 4. The summed E-state index contributed by atoms with van der Waals surface area (Å²) in [5.74, 6) is 1.93. The van der Waals surface area contributed by atoms with E-state index < -0.39 is 40.8 Å². The number of ketones is 2. The Hall–Kier alpha value is -7.87. The topological polar surface area (TPSA) is 220 Å². The molecule has 0 bridgehead atoms. The molecule has 2 aliphatic carbocycles. The van der Waals surface area contributed by atoms with E-state index in [1.807, 2.05) is 0 Å². The summed E-state index contributed by atoms with van der Waals surface area (Å²) in [5, 5.41) is 1.02. The van der Waals surface area contributed by atoms with Crippen LogP contribution >= 0.6 is 0 Å². The predicted octanol–water partition coefficient (Wildman–Crippen LogP) is 10.0. The number of aromatic nitrogens is 2. The maximum Gasteiger partial charge on any atom is 0.410 e. The van der Waals surface area contributed by atoms with Gasteiger partial charge in [-0.2, -0.15) is 0 Å². The molecule has 2 aromatic heterocycles. The van der Waals surface area contributed by atoms with Gasteiger partial charge >= 0.3 is 6.09 Å². The van der Waals surface area contributed by atoms with Crippen molar-refractivity contribution in [1.29, 1.82) is 0 Å². The smallest absolute Gasteiger partial charge is 0.410 e. The zero-order chi connectivity index (χ0) is 61.9. The van der Waals surface area contributed by atoms with Gasteiger partial charge in [-0.3, -0.25) is 24.0 Å². The van der Waals surface area contributed by atoms with Gasteiger partial charge in [-0.25, -0.2) is 4.79 Å². The van der Waals surface area contributed by atoms with Gasteiger partial charge in [0.15, 0.2) is 80.8 Å². The SMILES string of the molecule is COc1cc2c3c(n(CCCN(CCO[Si](C)(C)C(C)(C)C)C(=O)COC(=O)N(CCCn4c5c(c6cc(OC)c(OC)cc6c4=O)C(=O)c4cc6c(cc4-5)OCO6)CCO[Si](C)(C)C(C)(C)C)c(=O)c2cc1OC)-c1cc2c(cc1C3=O)OCO2. The summed E-state index contributed by atoms with van der Waals surface area (Å²) in [6, 6.07) is 13.1. The van der Waals surface area contributed by atoms with Crippen molar-refractivity contribution in [2.45, 2.75) is 104 Å². The Labute approximate surface area is 501 Å². The fraction of sp³-hybridized carbons (Fsp3) is 0.460. The van der Waals surface area contributed by atoms with E-state index in [0.717, 1.165) is 0 Å². The first kappa shape index (κ1) is 61.2. The Morgan fingerprint density at radius 1 is 0.500 bits per heavy atom. The second kappa shape index (κ2) is 23.4. The molecule has 458 valence electrons. The largest absolute Gasteiger partial charge is 0.493 e. The van der Waals surface area contributed by atoms with Gasteiger partial charge in [0.05, 0.1) is 74.9 Å². The van der Waals surface area contributed by atoms with Crippen molar-refractivity contribution in [2.24, 2.45) is 0 Å². The number of rotatable bonds is 22. The van der Waals surface area contributed by atoms with Gasteiger partial charge in [-0.05, 0) is 97.6 Å². The number of carbonyl (C=O) groups is 4. The van der Waals surface area contributed by atoms with Crippen molar-refractivity contribution in [3.05, 3.63) is 91.5 Å². The summed E-state index contributed by atoms with van der Waals surface area (Å²) in [6.07, 6.45) is -0.310. The monoisotopic (exact) mass is 1220 g/mol. The molecule has 4 aromatic carbocycles. The highest BCUT2D eigenvalue weighted by Gasteiger charge is 2.41. The average molecular weight is 1220 g/mol. The Morgan fingerprint density at radius 3 is 1.22 bits per heavy atom. The van der Waals surface area contributed by atoms with Crippen LogP contribution < -0.4 is 49.0 Å². The molecule has 2 aliphatic heterocycles. The highest BCUT2D eigenvalue weighted by molar-refractivity contribution is 6.74. The third kappa shape index (κ3) is 11.1. The molecule has 0 fully saturated rings. The Kier molecular flexibility index (Phi) is 16.7. The molecule has 0 atom stereocenters. The number of hydrogen-bond acceptors (Lipinski definition) is 17. The van der Waals surface area contributed by atoms with E-state index in [2.05, 4.69) is 67.7 Å². The van der Waals surface area contributed by atoms with Crippen molar-refractivity contribution in [2.75, 3.05) is 88.0 Å². The minimum Gasteiger partial charge on any atom is -0.493 e. The fourth-order valence-corrected chi connectivity index (χ4v) is 13.0. The predicted molar refractivity (Wildman–Crippen MR) is 328 cm³/mol. The molecule has 21 nitrogen and oxygen atoms in total. The second-order valence-corrected chi connectivity index (χ2v) is 34.5. The summed E-state index contributed by atoms with van der Waals surface area (Å²) in [5.41, 5.74) is 2.36. The van der Waals surface area contributed by atoms with Gasteiger partial charge in [0.25, 0.3) is 17.0 Å². The fourth-order valence-electron chi connectivity index (χ4n) is 11.0. The van der Waals surface area contributed by atoms with E-state index in [4.69, 9.17) is 51.5 Å². The van der Waals surface area contributed by atoms with Crippen LogP contribution in [0.15, 0.2) is 58.1 Å². The van der Waals surface area contributed by atoms with Gasteiger partial charge < -0.3 is 70.4 Å². The normalized spacial score (nSPS) is 13.9. The van der Waals surface area contributed by atoms with Gasteiger partial charge in [-0.15, -0.1) is 0 Å². The van der Waals surface area contributed by atoms with Crippen LogP contribution in [0.3, 0.4) is 0 Å². The Morgan fingerprint density at radius 2 is 0.849 bits per heavy atom. The molecule has 86 heavy (non-hydrogen) atoms. The van der Waals surface area contributed by atoms with E-state index in [1.54, 1.807) is 62.6 Å². The minimum absolute atomic E-state index is 0.0129. The minimum atomic E-state index is -2.31. The third-order valence-electron chi connectivity index (χ3n) is 17.8. The second-order valence-electron chi connectivity index (χ2n) is 24.9. The zero-order valence-corrected chi connectivity index (χ0v) is 53.5. The molecule has 10 rings (SSSR count). The lowest BCUT2D eigenvalue weighted by atomic mass is 10.0. The quantitative estimate of drug-likeness (QED) is 0.0576. The van der Waals surface area contributed by atoms with E-state index in [-0.39, 0.29) is 117 Å². The van der Waals surface area contributed by atoms with Crippen LogP contribution in [0, 0.1) is 0 Å². The Bertz CT molecular complexity index is 3630. The van der Waals surface area contributed by atoms with Gasteiger partial charge in [0.2, 0.25) is 13.6 Å². The molecule has 2 amide bonds. The molecule has 0 radical (unpaired) electrons. The Balaban J connectivity index is 0.925. The van der Waals surface area contributed by atoms with Crippen LogP contribution in [0.1, 0.15) is 86.2 Å². The summed E-state index contributed by atoms with van der Waals surface area (Å²) < 4.78 is 67.4. The van der Waals surface area contributed by atoms with Crippen LogP contribution in [0.4, 0.5) is 4.79 Å². The number of ether oxygens (including phenoxy) is 9. The third-order valence-corrected chi connectivity index (χ3v) is 26.9. The summed E-state index contributed by atoms with van der Waals surface area (Å²) >= 11 is 0. The first-order valence-corrected chi connectivity index (χ1v) is 34.7. The standard InChI is InChI=1S/C63H76N4O17Si2/c1-62(2,3)85(11,12)83-23-21-64(17-15-19-66-55-38-27-48-50(81-34-79-48)29-40(38)57(69)53(55)36-25-44(74-7)46(76-9)31-42(36)59(66)71)52(68)33-78-61(73)65(22-24-84-86(13,14)63(4,5)6)18-16-20-67-56-39-28-49-51(82-35-80-49)30-41(39)58(70)54(56)37-26-45(75-8)47(77-10)32-43(37)60(67)72/h25-32H,15-24,33-35H2,1-14H3. The summed E-state index contributed by atoms with van der Waals surface area (Å²) in [4.78, 5) is 90.8. The number of nitrogens with zero attached hydrogens (tertiary/aromatic N) is 4. The molecule has 0 saturated carbocycles. The van der Waals surface area contributed by atoms with Crippen LogP contribution in [0.2, 0.25) is 36.3 Å². The number of hydrogen-bond donors (Lipinski definition) is 0. The molecule has 0 N–H and O–H groups in total. The van der Waals surface area contributed by atoms with Crippen molar-refractivity contribution in [3.8, 4) is 68.5 Å². The molecule has 4 aliphatic rings. The van der Waals surface area contributed by atoms with Gasteiger partial charge in [0, 0.05) is 72.3 Å². The van der Waals surface area contributed by atoms with Crippen molar-refractivity contribution in [1.82, 2.24) is 18.9 Å². The van der Waals surface area contributed by atoms with Crippen molar-refractivity contribution in [3.63, 3.8) is 0 Å². The molecule has 0 spiro atoms. The number of carbonyl (C=O) groups excluding carboxylic acids is 4. The molecule has 6 aromatic rings. The molecule has 23 heteroatoms. The maximum absolute atomic E-state index is 14.8. The molecule has 0 saturated heterocycles. The van der Waals surface area contributed by atoms with Crippen molar-refractivity contribution < 1.29 is 70.7 Å². The van der Waals surface area contributed by atoms with E-state index >= 15 is 0 Å². The van der Waals surface area contributed by atoms with Crippen LogP contribution in [-0.4, -0.2) is 147 Å². The lowest BCUT2D eigenvalue weighted by Crippen LogP contribution is -2.45. The number of amides is 2. The number of fused-ring (bicyclic) bond motifs is 12. The van der Waals surface area contributed by atoms with E-state index in [1.165, 1.54) is 33.3 Å². The van der Waals surface area contributed by atoms with E-state index in [0.29, 0.717) is 102 Å². The van der Waals surface area contributed by atoms with E-state index in [9.17, 15) is 28.8 Å². The zero-order valence-electron chi connectivity index (χ0n) is 51.5. The van der Waals surface area contributed by atoms with Crippen molar-refractivity contribution >= 4 is 61.7 Å².